The summed E-state index contributed by atoms with van der Waals surface area (Å²) in [5.74, 6) is 0. The van der Waals surface area contributed by atoms with E-state index >= 15 is 0 Å². The molecule has 0 bridgehead atoms. The van der Waals surface area contributed by atoms with E-state index in [2.05, 4.69) is 36.7 Å². The summed E-state index contributed by atoms with van der Waals surface area (Å²) in [6, 6.07) is 0.747. The van der Waals surface area contributed by atoms with E-state index in [1.807, 2.05) is 0 Å². The van der Waals surface area contributed by atoms with Gasteiger partial charge in [-0.1, -0.05) is 0 Å². The second kappa shape index (κ2) is 5.09. The van der Waals surface area contributed by atoms with Crippen LogP contribution in [0.3, 0.4) is 0 Å². The van der Waals surface area contributed by atoms with Crippen LogP contribution in [0.1, 0.15) is 13.3 Å². The van der Waals surface area contributed by atoms with E-state index < -0.39 is 0 Å². The van der Waals surface area contributed by atoms with E-state index in [1.54, 1.807) is 0 Å². The molecule has 76 valence electrons. The first-order chi connectivity index (χ1) is 6.09. The molecule has 2 unspecified atom stereocenters. The minimum absolute atomic E-state index is 0.0186. The van der Waals surface area contributed by atoms with Gasteiger partial charge in [0.2, 0.25) is 0 Å². The predicted octanol–water partition coefficient (Wildman–Crippen LogP) is 1.51. The van der Waals surface area contributed by atoms with Crippen molar-refractivity contribution >= 4 is 13.8 Å². The van der Waals surface area contributed by atoms with Crippen LogP contribution in [0.4, 0.5) is 0 Å². The van der Waals surface area contributed by atoms with Gasteiger partial charge in [-0.3, -0.25) is 4.90 Å². The molecule has 1 aliphatic rings. The van der Waals surface area contributed by atoms with Crippen LogP contribution >= 0.6 is 7.55 Å². The molecular weight excluding hydrogens is 179 g/mol. The Labute approximate surface area is 83.3 Å². The zero-order valence-electron chi connectivity index (χ0n) is 9.16. The molecule has 1 fully saturated rings. The Morgan fingerprint density at radius 1 is 1.38 bits per heavy atom. The highest BCUT2D eigenvalue weighted by Crippen LogP contribution is 2.19. The number of rotatable bonds is 2. The van der Waals surface area contributed by atoms with Crippen LogP contribution in [0.5, 0.6) is 0 Å². The number of hydrogen-bond acceptors (Lipinski definition) is 2. The lowest BCUT2D eigenvalue weighted by molar-refractivity contribution is 0.255. The summed E-state index contributed by atoms with van der Waals surface area (Å²) in [4.78, 5) is 5.03. The third-order valence-electron chi connectivity index (χ3n) is 2.74. The molecule has 1 heterocycles. The van der Waals surface area contributed by atoms with Crippen molar-refractivity contribution in [2.75, 3.05) is 39.6 Å². The van der Waals surface area contributed by atoms with Gasteiger partial charge in [-0.15, -0.1) is 0 Å². The molecule has 0 saturated carbocycles. The number of nitrogens with zero attached hydrogens (tertiary/aromatic N) is 2. The van der Waals surface area contributed by atoms with Crippen molar-refractivity contribution in [3.63, 3.8) is 0 Å². The maximum Gasteiger partial charge on any atom is 0.159 e. The van der Waals surface area contributed by atoms with Crippen LogP contribution in [0.15, 0.2) is 0 Å². The second-order valence-electron chi connectivity index (χ2n) is 4.25. The first-order valence-corrected chi connectivity index (χ1v) is 7.19. The average Bonchev–Trinajstić information content (AvgIpc) is 2.19. The largest absolute Gasteiger partial charge is 0.305 e. The van der Waals surface area contributed by atoms with Crippen molar-refractivity contribution in [3.8, 4) is 0 Å². The summed E-state index contributed by atoms with van der Waals surface area (Å²) in [6.45, 7) is 8.29. The lowest BCUT2D eigenvalue weighted by Gasteiger charge is -2.22. The minimum Gasteiger partial charge on any atom is -0.305 e. The maximum atomic E-state index is 4.13. The standard InChI is InChI=1S/C10H22N2P/c1-10-5-6-11(2)7-8-12(10)9-13(3)4/h10H,3,5-9H2,1-2,4H3/q+1. The zero-order chi connectivity index (χ0) is 9.84. The Morgan fingerprint density at radius 2 is 2.08 bits per heavy atom. The Bertz CT molecular complexity index is 182. The first kappa shape index (κ1) is 11.2. The second-order valence-corrected chi connectivity index (χ2v) is 6.25. The van der Waals surface area contributed by atoms with Gasteiger partial charge in [0.25, 0.3) is 0 Å². The molecule has 1 saturated heterocycles. The first-order valence-electron chi connectivity index (χ1n) is 5.04. The zero-order valence-corrected chi connectivity index (χ0v) is 10.1. The predicted molar refractivity (Wildman–Crippen MR) is 63.1 cm³/mol. The molecule has 0 radical (unpaired) electrons. The molecule has 0 spiro atoms. The molecule has 3 heteroatoms. The maximum absolute atomic E-state index is 4.13. The fourth-order valence-electron chi connectivity index (χ4n) is 1.74. The van der Waals surface area contributed by atoms with Gasteiger partial charge in [-0.2, -0.15) is 0 Å². The third-order valence-corrected chi connectivity index (χ3v) is 3.59. The molecule has 13 heavy (non-hydrogen) atoms. The third kappa shape index (κ3) is 3.76. The molecule has 2 atom stereocenters. The highest BCUT2D eigenvalue weighted by atomic mass is 31.1. The van der Waals surface area contributed by atoms with E-state index in [9.17, 15) is 0 Å². The Kier molecular flexibility index (Phi) is 4.37. The molecule has 0 aromatic heterocycles. The van der Waals surface area contributed by atoms with E-state index in [1.165, 1.54) is 32.3 Å². The van der Waals surface area contributed by atoms with Crippen molar-refractivity contribution in [1.82, 2.24) is 9.80 Å². The molecule has 1 aliphatic heterocycles. The fourth-order valence-corrected chi connectivity index (χ4v) is 2.78. The van der Waals surface area contributed by atoms with E-state index in [4.69, 9.17) is 0 Å². The van der Waals surface area contributed by atoms with Gasteiger partial charge in [0.05, 0.1) is 20.5 Å². The lowest BCUT2D eigenvalue weighted by Crippen LogP contribution is -2.34. The molecule has 0 aliphatic carbocycles. The average molecular weight is 201 g/mol. The topological polar surface area (TPSA) is 6.48 Å². The SMILES string of the molecule is C=[P+](C)CN1CCN(C)CCC1C. The fraction of sp³-hybridized carbons (Fsp3) is 0.900. The molecule has 2 nitrogen and oxygen atoms in total. The van der Waals surface area contributed by atoms with Gasteiger partial charge >= 0.3 is 0 Å². The van der Waals surface area contributed by atoms with Crippen molar-refractivity contribution in [3.05, 3.63) is 0 Å². The summed E-state index contributed by atoms with van der Waals surface area (Å²) < 4.78 is 0. The summed E-state index contributed by atoms with van der Waals surface area (Å²) in [5, 5.41) is 0. The van der Waals surface area contributed by atoms with E-state index in [-0.39, 0.29) is 7.55 Å². The highest BCUT2D eigenvalue weighted by molar-refractivity contribution is 7.54. The van der Waals surface area contributed by atoms with Crippen LogP contribution in [0.2, 0.25) is 0 Å². The lowest BCUT2D eigenvalue weighted by atomic mass is 10.2. The Hall–Kier alpha value is 0.0900. The van der Waals surface area contributed by atoms with Crippen LogP contribution in [0.25, 0.3) is 0 Å². The molecule has 1 rings (SSSR count). The highest BCUT2D eigenvalue weighted by Gasteiger charge is 2.21. The van der Waals surface area contributed by atoms with Crippen molar-refractivity contribution in [2.24, 2.45) is 0 Å². The molecular formula is C10H22N2P+. The van der Waals surface area contributed by atoms with Crippen LogP contribution in [0, 0.1) is 0 Å². The van der Waals surface area contributed by atoms with Crippen molar-refractivity contribution < 1.29 is 0 Å². The molecule has 0 amide bonds. The summed E-state index contributed by atoms with van der Waals surface area (Å²) in [5.41, 5.74) is 0. The van der Waals surface area contributed by atoms with E-state index in [0.29, 0.717) is 0 Å². The van der Waals surface area contributed by atoms with Crippen molar-refractivity contribution in [2.45, 2.75) is 19.4 Å². The van der Waals surface area contributed by atoms with Crippen molar-refractivity contribution in [1.29, 1.82) is 0 Å². The van der Waals surface area contributed by atoms with Gasteiger partial charge in [0, 0.05) is 19.1 Å². The summed E-state index contributed by atoms with van der Waals surface area (Å²) >= 11 is 0. The monoisotopic (exact) mass is 201 g/mol. The number of hydrogen-bond donors (Lipinski definition) is 0. The van der Waals surface area contributed by atoms with Crippen LogP contribution < -0.4 is 0 Å². The molecule has 0 N–H and O–H groups in total. The number of likely N-dealkylation sites (N-methyl/N-ethyl adjacent to an activating group) is 1. The van der Waals surface area contributed by atoms with Crippen LogP contribution in [-0.2, 0) is 0 Å². The molecule has 0 aromatic carbocycles. The van der Waals surface area contributed by atoms with Gasteiger partial charge in [0.1, 0.15) is 0 Å². The Morgan fingerprint density at radius 3 is 2.69 bits per heavy atom. The van der Waals surface area contributed by atoms with Gasteiger partial charge in [0.15, 0.2) is 6.29 Å². The van der Waals surface area contributed by atoms with Crippen LogP contribution in [-0.4, -0.2) is 61.8 Å². The normalized spacial score (nSPS) is 28.5. The molecule has 0 aromatic rings. The Balaban J connectivity index is 2.46. The van der Waals surface area contributed by atoms with Gasteiger partial charge in [-0.05, 0) is 26.9 Å². The summed E-state index contributed by atoms with van der Waals surface area (Å²) in [6.07, 6.45) is 6.64. The quantitative estimate of drug-likeness (QED) is 0.625. The van der Waals surface area contributed by atoms with Gasteiger partial charge < -0.3 is 4.90 Å². The minimum atomic E-state index is -0.0186. The van der Waals surface area contributed by atoms with Gasteiger partial charge in [-0.25, -0.2) is 0 Å². The summed E-state index contributed by atoms with van der Waals surface area (Å²) in [7, 11) is 2.20. The smallest absolute Gasteiger partial charge is 0.159 e. The van der Waals surface area contributed by atoms with E-state index in [0.717, 1.165) is 6.04 Å².